The maximum absolute atomic E-state index is 11.7. The van der Waals surface area contributed by atoms with E-state index >= 15 is 0 Å². The van der Waals surface area contributed by atoms with Gasteiger partial charge in [-0.2, -0.15) is 13.2 Å². The molecule has 5 heteroatoms. The highest BCUT2D eigenvalue weighted by molar-refractivity contribution is 4.59. The first-order valence-electron chi connectivity index (χ1n) is 5.19. The van der Waals surface area contributed by atoms with Crippen molar-refractivity contribution in [3.05, 3.63) is 0 Å². The standard InChI is InChI=1S/C10H20F3NO/c1-8(2)14-6-9(3)4-5-15-7-10(11,12)13/h8-9,14H,4-7H2,1-3H3. The molecule has 0 aromatic heterocycles. The van der Waals surface area contributed by atoms with Crippen molar-refractivity contribution in [3.63, 3.8) is 0 Å². The van der Waals surface area contributed by atoms with Crippen molar-refractivity contribution in [3.8, 4) is 0 Å². The first-order chi connectivity index (χ1) is 6.81. The third-order valence-electron chi connectivity index (χ3n) is 1.90. The van der Waals surface area contributed by atoms with Gasteiger partial charge in [-0.15, -0.1) is 0 Å². The van der Waals surface area contributed by atoms with E-state index in [0.29, 0.717) is 18.4 Å². The Morgan fingerprint density at radius 1 is 1.20 bits per heavy atom. The maximum Gasteiger partial charge on any atom is 0.411 e. The highest BCUT2D eigenvalue weighted by Gasteiger charge is 2.27. The van der Waals surface area contributed by atoms with E-state index in [1.165, 1.54) is 0 Å². The van der Waals surface area contributed by atoms with Gasteiger partial charge in [-0.05, 0) is 18.9 Å². The second kappa shape index (κ2) is 7.06. The second-order valence-electron chi connectivity index (χ2n) is 4.12. The van der Waals surface area contributed by atoms with E-state index in [4.69, 9.17) is 0 Å². The molecule has 2 nitrogen and oxygen atoms in total. The Morgan fingerprint density at radius 3 is 2.27 bits per heavy atom. The SMILES string of the molecule is CC(CCOCC(F)(F)F)CNC(C)C. The van der Waals surface area contributed by atoms with Crippen molar-refractivity contribution >= 4 is 0 Å². The zero-order valence-corrected chi connectivity index (χ0v) is 9.53. The summed E-state index contributed by atoms with van der Waals surface area (Å²) in [6.07, 6.45) is -3.56. The topological polar surface area (TPSA) is 21.3 Å². The maximum atomic E-state index is 11.7. The highest BCUT2D eigenvalue weighted by atomic mass is 19.4. The lowest BCUT2D eigenvalue weighted by Crippen LogP contribution is -2.28. The lowest BCUT2D eigenvalue weighted by atomic mass is 10.1. The minimum atomic E-state index is -4.21. The number of ether oxygens (including phenoxy) is 1. The molecule has 0 aliphatic heterocycles. The summed E-state index contributed by atoms with van der Waals surface area (Å²) in [7, 11) is 0. The largest absolute Gasteiger partial charge is 0.411 e. The molecule has 0 saturated heterocycles. The average molecular weight is 227 g/mol. The Morgan fingerprint density at radius 2 is 1.80 bits per heavy atom. The Hall–Kier alpha value is -0.290. The number of halogens is 3. The number of hydrogen-bond acceptors (Lipinski definition) is 2. The van der Waals surface area contributed by atoms with Gasteiger partial charge in [-0.25, -0.2) is 0 Å². The number of rotatable bonds is 7. The van der Waals surface area contributed by atoms with Crippen LogP contribution in [0.4, 0.5) is 13.2 Å². The minimum Gasteiger partial charge on any atom is -0.372 e. The van der Waals surface area contributed by atoms with E-state index in [9.17, 15) is 13.2 Å². The molecule has 0 rings (SSSR count). The first kappa shape index (κ1) is 14.7. The van der Waals surface area contributed by atoms with Crippen LogP contribution in [0, 0.1) is 5.92 Å². The van der Waals surface area contributed by atoms with Crippen molar-refractivity contribution in [2.75, 3.05) is 19.8 Å². The van der Waals surface area contributed by atoms with Gasteiger partial charge in [0, 0.05) is 12.6 Å². The minimum absolute atomic E-state index is 0.167. The molecule has 0 aromatic carbocycles. The molecule has 0 aliphatic carbocycles. The molecule has 15 heavy (non-hydrogen) atoms. The first-order valence-corrected chi connectivity index (χ1v) is 5.19. The van der Waals surface area contributed by atoms with Gasteiger partial charge in [0.1, 0.15) is 6.61 Å². The molecule has 1 unspecified atom stereocenters. The van der Waals surface area contributed by atoms with E-state index in [1.54, 1.807) is 0 Å². The molecule has 0 amide bonds. The van der Waals surface area contributed by atoms with E-state index in [-0.39, 0.29) is 6.61 Å². The summed E-state index contributed by atoms with van der Waals surface area (Å²) in [6.45, 7) is 5.90. The summed E-state index contributed by atoms with van der Waals surface area (Å²) in [5.41, 5.74) is 0. The molecule has 0 spiro atoms. The van der Waals surface area contributed by atoms with Crippen molar-refractivity contribution in [2.45, 2.75) is 39.4 Å². The van der Waals surface area contributed by atoms with Crippen molar-refractivity contribution < 1.29 is 17.9 Å². The van der Waals surface area contributed by atoms with Crippen molar-refractivity contribution in [2.24, 2.45) is 5.92 Å². The zero-order chi connectivity index (χ0) is 11.9. The molecule has 1 atom stereocenters. The normalized spacial score (nSPS) is 14.6. The van der Waals surface area contributed by atoms with Gasteiger partial charge in [0.15, 0.2) is 0 Å². The van der Waals surface area contributed by atoms with Crippen molar-refractivity contribution in [1.82, 2.24) is 5.32 Å². The van der Waals surface area contributed by atoms with Gasteiger partial charge in [-0.1, -0.05) is 20.8 Å². The fourth-order valence-corrected chi connectivity index (χ4v) is 1.01. The fourth-order valence-electron chi connectivity index (χ4n) is 1.01. The Kier molecular flexibility index (Phi) is 6.92. The lowest BCUT2D eigenvalue weighted by molar-refractivity contribution is -0.174. The lowest BCUT2D eigenvalue weighted by Gasteiger charge is -2.15. The Labute approximate surface area is 89.2 Å². The highest BCUT2D eigenvalue weighted by Crippen LogP contribution is 2.14. The van der Waals surface area contributed by atoms with Gasteiger partial charge in [0.05, 0.1) is 0 Å². The van der Waals surface area contributed by atoms with Crippen LogP contribution < -0.4 is 5.32 Å². The summed E-state index contributed by atoms with van der Waals surface area (Å²) in [4.78, 5) is 0. The summed E-state index contributed by atoms with van der Waals surface area (Å²) in [6, 6.07) is 0.406. The second-order valence-corrected chi connectivity index (χ2v) is 4.12. The fraction of sp³-hybridized carbons (Fsp3) is 1.00. The molecule has 0 aliphatic rings. The molecule has 0 aromatic rings. The van der Waals surface area contributed by atoms with Crippen LogP contribution in [0.15, 0.2) is 0 Å². The monoisotopic (exact) mass is 227 g/mol. The number of alkyl halides is 3. The van der Waals surface area contributed by atoms with Crippen LogP contribution >= 0.6 is 0 Å². The predicted molar refractivity (Wildman–Crippen MR) is 53.8 cm³/mol. The van der Waals surface area contributed by atoms with Crippen molar-refractivity contribution in [1.29, 1.82) is 0 Å². The van der Waals surface area contributed by atoms with E-state index in [1.807, 2.05) is 20.8 Å². The molecule has 0 radical (unpaired) electrons. The third kappa shape index (κ3) is 11.6. The quantitative estimate of drug-likeness (QED) is 0.675. The summed E-state index contributed by atoms with van der Waals surface area (Å²) in [5.74, 6) is 0.334. The smallest absolute Gasteiger partial charge is 0.372 e. The van der Waals surface area contributed by atoms with Crippen LogP contribution in [0.1, 0.15) is 27.2 Å². The van der Waals surface area contributed by atoms with Crippen LogP contribution in [-0.2, 0) is 4.74 Å². The number of hydrogen-bond donors (Lipinski definition) is 1. The van der Waals surface area contributed by atoms with Crippen LogP contribution in [-0.4, -0.2) is 32.0 Å². The van der Waals surface area contributed by atoms with Gasteiger partial charge in [0.2, 0.25) is 0 Å². The third-order valence-corrected chi connectivity index (χ3v) is 1.90. The van der Waals surface area contributed by atoms with Crippen LogP contribution in [0.25, 0.3) is 0 Å². The molecular formula is C10H20F3NO. The van der Waals surface area contributed by atoms with Gasteiger partial charge >= 0.3 is 6.18 Å². The molecule has 0 heterocycles. The molecule has 0 bridgehead atoms. The number of nitrogens with one attached hydrogen (secondary N) is 1. The van der Waals surface area contributed by atoms with Gasteiger partial charge in [-0.3, -0.25) is 0 Å². The molecule has 92 valence electrons. The summed E-state index contributed by atoms with van der Waals surface area (Å²) >= 11 is 0. The van der Waals surface area contributed by atoms with Crippen LogP contribution in [0.2, 0.25) is 0 Å². The molecule has 0 fully saturated rings. The Bertz CT molecular complexity index is 159. The average Bonchev–Trinajstić information content (AvgIpc) is 2.07. The van der Waals surface area contributed by atoms with Crippen LogP contribution in [0.5, 0.6) is 0 Å². The molecule has 1 N–H and O–H groups in total. The van der Waals surface area contributed by atoms with E-state index in [2.05, 4.69) is 10.1 Å². The molecular weight excluding hydrogens is 207 g/mol. The van der Waals surface area contributed by atoms with E-state index < -0.39 is 12.8 Å². The van der Waals surface area contributed by atoms with Gasteiger partial charge in [0.25, 0.3) is 0 Å². The summed E-state index contributed by atoms with van der Waals surface area (Å²) < 4.78 is 39.6. The van der Waals surface area contributed by atoms with Crippen LogP contribution in [0.3, 0.4) is 0 Å². The zero-order valence-electron chi connectivity index (χ0n) is 9.53. The van der Waals surface area contributed by atoms with Gasteiger partial charge < -0.3 is 10.1 Å². The predicted octanol–water partition coefficient (Wildman–Crippen LogP) is 2.59. The summed E-state index contributed by atoms with van der Waals surface area (Å²) in [5, 5.41) is 3.22. The Balaban J connectivity index is 3.35. The molecule has 0 saturated carbocycles. The van der Waals surface area contributed by atoms with E-state index in [0.717, 1.165) is 6.54 Å².